The van der Waals surface area contributed by atoms with Gasteiger partial charge in [-0.2, -0.15) is 0 Å². The second kappa shape index (κ2) is 9.40. The largest absolute Gasteiger partial charge is 0.516 e. The van der Waals surface area contributed by atoms with Gasteiger partial charge in [0.2, 0.25) is 0 Å². The van der Waals surface area contributed by atoms with E-state index in [1.54, 1.807) is 13.0 Å². The molecule has 0 aromatic carbocycles. The average molecular weight is 280 g/mol. The van der Waals surface area contributed by atoms with Crippen molar-refractivity contribution in [3.63, 3.8) is 0 Å². The van der Waals surface area contributed by atoms with Gasteiger partial charge in [0.05, 0.1) is 6.26 Å². The minimum Gasteiger partial charge on any atom is -0.516 e. The summed E-state index contributed by atoms with van der Waals surface area (Å²) in [6, 6.07) is 0. The molecule has 20 heavy (non-hydrogen) atoms. The second-order valence-corrected chi connectivity index (χ2v) is 6.08. The number of ether oxygens (including phenoxy) is 1. The summed E-state index contributed by atoms with van der Waals surface area (Å²) in [6.07, 6.45) is 11.3. The fraction of sp³-hybridized carbons (Fsp3) is 0.588. The van der Waals surface area contributed by atoms with Crippen LogP contribution in [0, 0.1) is 5.92 Å². The maximum atomic E-state index is 11.7. The van der Waals surface area contributed by atoms with Crippen molar-refractivity contribution in [2.75, 3.05) is 0 Å². The summed E-state index contributed by atoms with van der Waals surface area (Å²) in [5, 5.41) is 8.48. The first-order valence-corrected chi connectivity index (χ1v) is 7.12. The van der Waals surface area contributed by atoms with Crippen LogP contribution in [0.2, 0.25) is 0 Å². The highest BCUT2D eigenvalue weighted by atomic mass is 16.6. The Balaban J connectivity index is 4.07. The number of hydrogen-bond acceptors (Lipinski definition) is 3. The Morgan fingerprint density at radius 2 is 1.95 bits per heavy atom. The average Bonchev–Trinajstić information content (AvgIpc) is 2.32. The maximum Gasteiger partial charge on any atom is 0.333 e. The molecule has 1 atom stereocenters. The SMILES string of the molecule is C/C(=C\CC[C@@H](C)C/C=C/C=C/O)C(=O)OC(C)(C)C. The van der Waals surface area contributed by atoms with Gasteiger partial charge in [0.25, 0.3) is 0 Å². The van der Waals surface area contributed by atoms with E-state index in [0.29, 0.717) is 11.5 Å². The third-order valence-corrected chi connectivity index (χ3v) is 2.70. The number of carbonyl (C=O) groups excluding carboxylic acids is 1. The van der Waals surface area contributed by atoms with E-state index in [1.165, 1.54) is 0 Å². The number of rotatable bonds is 7. The van der Waals surface area contributed by atoms with E-state index in [1.807, 2.05) is 39.0 Å². The standard InChI is InChI=1S/C17H28O3/c1-14(10-7-6-8-13-18)11-9-12-15(2)16(19)20-17(3,4)5/h6-8,12-14,18H,9-11H2,1-5H3/b7-6+,13-8+,15-12+/t14-/m0/s1. The molecule has 0 aliphatic carbocycles. The summed E-state index contributed by atoms with van der Waals surface area (Å²) < 4.78 is 5.30. The third kappa shape index (κ3) is 10.4. The van der Waals surface area contributed by atoms with Gasteiger partial charge in [-0.05, 0) is 59.0 Å². The molecule has 0 rings (SSSR count). The molecule has 0 aliphatic rings. The van der Waals surface area contributed by atoms with Crippen LogP contribution in [0.15, 0.2) is 36.1 Å². The summed E-state index contributed by atoms with van der Waals surface area (Å²) in [7, 11) is 0. The van der Waals surface area contributed by atoms with Crippen LogP contribution in [-0.2, 0) is 9.53 Å². The Morgan fingerprint density at radius 3 is 2.50 bits per heavy atom. The second-order valence-electron chi connectivity index (χ2n) is 6.08. The number of allylic oxidation sites excluding steroid dienone is 4. The van der Waals surface area contributed by atoms with Gasteiger partial charge in [0.1, 0.15) is 5.60 Å². The maximum absolute atomic E-state index is 11.7. The van der Waals surface area contributed by atoms with E-state index in [9.17, 15) is 4.79 Å². The molecule has 0 aromatic heterocycles. The van der Waals surface area contributed by atoms with Crippen LogP contribution in [0.4, 0.5) is 0 Å². The summed E-state index contributed by atoms with van der Waals surface area (Å²) in [5.74, 6) is 0.305. The Morgan fingerprint density at radius 1 is 1.30 bits per heavy atom. The highest BCUT2D eigenvalue weighted by Crippen LogP contribution is 2.14. The van der Waals surface area contributed by atoms with E-state index in [2.05, 4.69) is 6.92 Å². The van der Waals surface area contributed by atoms with Gasteiger partial charge in [-0.1, -0.05) is 25.2 Å². The molecule has 114 valence electrons. The molecule has 0 aromatic rings. The normalized spacial score (nSPS) is 14.9. The van der Waals surface area contributed by atoms with Crippen LogP contribution in [0.5, 0.6) is 0 Å². The molecule has 0 saturated heterocycles. The molecule has 0 unspecified atom stereocenters. The first kappa shape index (κ1) is 18.5. The van der Waals surface area contributed by atoms with Crippen molar-refractivity contribution in [3.05, 3.63) is 36.1 Å². The van der Waals surface area contributed by atoms with Crippen LogP contribution in [-0.4, -0.2) is 16.7 Å². The molecule has 0 amide bonds. The zero-order valence-electron chi connectivity index (χ0n) is 13.3. The van der Waals surface area contributed by atoms with Gasteiger partial charge in [0, 0.05) is 5.57 Å². The number of esters is 1. The van der Waals surface area contributed by atoms with Crippen LogP contribution >= 0.6 is 0 Å². The lowest BCUT2D eigenvalue weighted by Gasteiger charge is -2.19. The molecule has 0 radical (unpaired) electrons. The molecule has 0 saturated carbocycles. The van der Waals surface area contributed by atoms with E-state index in [4.69, 9.17) is 9.84 Å². The first-order valence-electron chi connectivity index (χ1n) is 7.12. The lowest BCUT2D eigenvalue weighted by molar-refractivity contribution is -0.149. The monoisotopic (exact) mass is 280 g/mol. The fourth-order valence-electron chi connectivity index (χ4n) is 1.58. The third-order valence-electron chi connectivity index (χ3n) is 2.70. The topological polar surface area (TPSA) is 46.5 Å². The van der Waals surface area contributed by atoms with E-state index in [0.717, 1.165) is 25.5 Å². The molecular weight excluding hydrogens is 252 g/mol. The van der Waals surface area contributed by atoms with Gasteiger partial charge in [-0.25, -0.2) is 4.79 Å². The number of aliphatic hydroxyl groups is 1. The van der Waals surface area contributed by atoms with Gasteiger partial charge >= 0.3 is 5.97 Å². The quantitative estimate of drug-likeness (QED) is 0.318. The lowest BCUT2D eigenvalue weighted by Crippen LogP contribution is -2.24. The Kier molecular flexibility index (Phi) is 8.69. The highest BCUT2D eigenvalue weighted by molar-refractivity contribution is 5.87. The van der Waals surface area contributed by atoms with E-state index in [-0.39, 0.29) is 5.97 Å². The number of hydrogen-bond donors (Lipinski definition) is 1. The Bertz CT molecular complexity index is 370. The minimum atomic E-state index is -0.440. The van der Waals surface area contributed by atoms with Gasteiger partial charge in [-0.3, -0.25) is 0 Å². The van der Waals surface area contributed by atoms with Crippen molar-refractivity contribution in [3.8, 4) is 0 Å². The van der Waals surface area contributed by atoms with Crippen LogP contribution in [0.1, 0.15) is 53.9 Å². The minimum absolute atomic E-state index is 0.238. The summed E-state index contributed by atoms with van der Waals surface area (Å²) in [6.45, 7) is 9.57. The summed E-state index contributed by atoms with van der Waals surface area (Å²) in [4.78, 5) is 11.7. The Hall–Kier alpha value is -1.51. The van der Waals surface area contributed by atoms with Crippen LogP contribution in [0.3, 0.4) is 0 Å². The zero-order valence-corrected chi connectivity index (χ0v) is 13.3. The Labute approximate surface area is 123 Å². The molecule has 3 heteroatoms. The molecule has 1 N–H and O–H groups in total. The molecule has 0 spiro atoms. The molecule has 0 aliphatic heterocycles. The van der Waals surface area contributed by atoms with Crippen LogP contribution < -0.4 is 0 Å². The van der Waals surface area contributed by atoms with Gasteiger partial charge in [-0.15, -0.1) is 0 Å². The summed E-state index contributed by atoms with van der Waals surface area (Å²) >= 11 is 0. The number of carbonyl (C=O) groups is 1. The zero-order chi connectivity index (χ0) is 15.6. The van der Waals surface area contributed by atoms with Crippen molar-refractivity contribution >= 4 is 5.97 Å². The summed E-state index contributed by atoms with van der Waals surface area (Å²) in [5.41, 5.74) is 0.232. The smallest absolute Gasteiger partial charge is 0.333 e. The van der Waals surface area contributed by atoms with Crippen molar-refractivity contribution in [2.24, 2.45) is 5.92 Å². The van der Waals surface area contributed by atoms with E-state index >= 15 is 0 Å². The first-order chi connectivity index (χ1) is 9.26. The molecule has 0 heterocycles. The van der Waals surface area contributed by atoms with Crippen molar-refractivity contribution in [1.29, 1.82) is 0 Å². The predicted molar refractivity (Wildman–Crippen MR) is 83.5 cm³/mol. The lowest BCUT2D eigenvalue weighted by atomic mass is 10.0. The highest BCUT2D eigenvalue weighted by Gasteiger charge is 2.17. The molecule has 0 bridgehead atoms. The van der Waals surface area contributed by atoms with Gasteiger partial charge in [0.15, 0.2) is 0 Å². The van der Waals surface area contributed by atoms with Crippen LogP contribution in [0.25, 0.3) is 0 Å². The molecule has 3 nitrogen and oxygen atoms in total. The van der Waals surface area contributed by atoms with E-state index < -0.39 is 5.60 Å². The van der Waals surface area contributed by atoms with Crippen molar-refractivity contribution < 1.29 is 14.6 Å². The van der Waals surface area contributed by atoms with Crippen molar-refractivity contribution in [1.82, 2.24) is 0 Å². The fourth-order valence-corrected chi connectivity index (χ4v) is 1.58. The molecule has 0 fully saturated rings. The predicted octanol–water partition coefficient (Wildman–Crippen LogP) is 4.71. The molecular formula is C17H28O3. The van der Waals surface area contributed by atoms with Gasteiger partial charge < -0.3 is 9.84 Å². The van der Waals surface area contributed by atoms with Crippen molar-refractivity contribution in [2.45, 2.75) is 59.5 Å². The number of aliphatic hydroxyl groups excluding tert-OH is 1.